The standard InChI is InChI=1S/C11H17N3/c1-2-14(8-9-3-4-9)11-6-5-10(12)7-13-11/h5-7,9H,2-4,8,12H2,1H3. The molecule has 0 atom stereocenters. The number of pyridine rings is 1. The fourth-order valence-corrected chi connectivity index (χ4v) is 1.58. The Bertz CT molecular complexity index is 290. The maximum absolute atomic E-state index is 5.60. The van der Waals surface area contributed by atoms with E-state index in [9.17, 15) is 0 Å². The fourth-order valence-electron chi connectivity index (χ4n) is 1.58. The summed E-state index contributed by atoms with van der Waals surface area (Å²) < 4.78 is 0. The molecule has 0 aliphatic heterocycles. The lowest BCUT2D eigenvalue weighted by molar-refractivity contribution is 0.732. The zero-order valence-electron chi connectivity index (χ0n) is 8.61. The number of nitrogens with zero attached hydrogens (tertiary/aromatic N) is 2. The van der Waals surface area contributed by atoms with Crippen LogP contribution in [0.25, 0.3) is 0 Å². The molecule has 1 aromatic rings. The third-order valence-electron chi connectivity index (χ3n) is 2.65. The average Bonchev–Trinajstić information content (AvgIpc) is 3.00. The molecule has 14 heavy (non-hydrogen) atoms. The molecule has 1 aliphatic carbocycles. The van der Waals surface area contributed by atoms with E-state index in [1.807, 2.05) is 12.1 Å². The first-order chi connectivity index (χ1) is 6.79. The molecule has 2 N–H and O–H groups in total. The number of rotatable bonds is 4. The Labute approximate surface area is 84.9 Å². The van der Waals surface area contributed by atoms with Gasteiger partial charge in [0.25, 0.3) is 0 Å². The van der Waals surface area contributed by atoms with Gasteiger partial charge in [0, 0.05) is 13.1 Å². The van der Waals surface area contributed by atoms with Crippen molar-refractivity contribution in [2.24, 2.45) is 5.92 Å². The smallest absolute Gasteiger partial charge is 0.128 e. The number of aromatic nitrogens is 1. The molecule has 1 heterocycles. The predicted octanol–water partition coefficient (Wildman–Crippen LogP) is 1.90. The van der Waals surface area contributed by atoms with Crippen LogP contribution in [0.3, 0.4) is 0 Å². The molecule has 0 amide bonds. The van der Waals surface area contributed by atoms with E-state index in [2.05, 4.69) is 16.8 Å². The minimum absolute atomic E-state index is 0.733. The molecule has 3 nitrogen and oxygen atoms in total. The second kappa shape index (κ2) is 3.86. The molecule has 2 rings (SSSR count). The van der Waals surface area contributed by atoms with E-state index >= 15 is 0 Å². The van der Waals surface area contributed by atoms with Crippen molar-refractivity contribution >= 4 is 11.5 Å². The number of hydrogen-bond acceptors (Lipinski definition) is 3. The monoisotopic (exact) mass is 191 g/mol. The molecule has 3 heteroatoms. The fraction of sp³-hybridized carbons (Fsp3) is 0.545. The largest absolute Gasteiger partial charge is 0.397 e. The van der Waals surface area contributed by atoms with Crippen molar-refractivity contribution < 1.29 is 0 Å². The van der Waals surface area contributed by atoms with Gasteiger partial charge in [-0.3, -0.25) is 0 Å². The summed E-state index contributed by atoms with van der Waals surface area (Å²) in [5, 5.41) is 0. The summed E-state index contributed by atoms with van der Waals surface area (Å²) in [7, 11) is 0. The Morgan fingerprint density at radius 1 is 1.50 bits per heavy atom. The first-order valence-electron chi connectivity index (χ1n) is 5.26. The molecule has 1 aliphatic rings. The van der Waals surface area contributed by atoms with Gasteiger partial charge >= 0.3 is 0 Å². The van der Waals surface area contributed by atoms with E-state index in [0.717, 1.165) is 30.5 Å². The van der Waals surface area contributed by atoms with Gasteiger partial charge in [-0.2, -0.15) is 0 Å². The van der Waals surface area contributed by atoms with Crippen LogP contribution in [0.2, 0.25) is 0 Å². The first-order valence-corrected chi connectivity index (χ1v) is 5.26. The van der Waals surface area contributed by atoms with Crippen LogP contribution in [-0.4, -0.2) is 18.1 Å². The average molecular weight is 191 g/mol. The highest BCUT2D eigenvalue weighted by atomic mass is 15.2. The summed E-state index contributed by atoms with van der Waals surface area (Å²) in [5.74, 6) is 1.95. The van der Waals surface area contributed by atoms with Gasteiger partial charge in [-0.25, -0.2) is 4.98 Å². The minimum Gasteiger partial charge on any atom is -0.397 e. The summed E-state index contributed by atoms with van der Waals surface area (Å²) in [6.45, 7) is 4.33. The first kappa shape index (κ1) is 9.31. The number of nitrogen functional groups attached to an aromatic ring is 1. The maximum atomic E-state index is 5.60. The second-order valence-electron chi connectivity index (χ2n) is 3.93. The minimum atomic E-state index is 0.733. The third kappa shape index (κ3) is 2.16. The number of anilines is 2. The summed E-state index contributed by atoms with van der Waals surface area (Å²) >= 11 is 0. The Kier molecular flexibility index (Phi) is 2.57. The van der Waals surface area contributed by atoms with E-state index in [-0.39, 0.29) is 0 Å². The molecule has 76 valence electrons. The Balaban J connectivity index is 2.05. The second-order valence-corrected chi connectivity index (χ2v) is 3.93. The quantitative estimate of drug-likeness (QED) is 0.790. The summed E-state index contributed by atoms with van der Waals surface area (Å²) in [6.07, 6.45) is 4.49. The van der Waals surface area contributed by atoms with Crippen LogP contribution in [0, 0.1) is 5.92 Å². The molecule has 0 spiro atoms. The Morgan fingerprint density at radius 2 is 2.29 bits per heavy atom. The lowest BCUT2D eigenvalue weighted by atomic mass is 10.3. The topological polar surface area (TPSA) is 42.1 Å². The molecule has 1 saturated carbocycles. The van der Waals surface area contributed by atoms with E-state index < -0.39 is 0 Å². The van der Waals surface area contributed by atoms with Crippen LogP contribution < -0.4 is 10.6 Å². The zero-order chi connectivity index (χ0) is 9.97. The van der Waals surface area contributed by atoms with Crippen LogP contribution in [0.1, 0.15) is 19.8 Å². The highest BCUT2D eigenvalue weighted by molar-refractivity contribution is 5.45. The molecule has 0 aromatic carbocycles. The van der Waals surface area contributed by atoms with Gasteiger partial charge in [0.05, 0.1) is 11.9 Å². The highest BCUT2D eigenvalue weighted by Crippen LogP contribution is 2.30. The number of nitrogens with two attached hydrogens (primary N) is 1. The Morgan fingerprint density at radius 3 is 2.79 bits per heavy atom. The van der Waals surface area contributed by atoms with E-state index in [1.165, 1.54) is 12.8 Å². The molecule has 1 aromatic heterocycles. The van der Waals surface area contributed by atoms with Crippen LogP contribution in [0.5, 0.6) is 0 Å². The number of hydrogen-bond donors (Lipinski definition) is 1. The van der Waals surface area contributed by atoms with Gasteiger partial charge < -0.3 is 10.6 Å². The van der Waals surface area contributed by atoms with Gasteiger partial charge in [-0.1, -0.05) is 0 Å². The predicted molar refractivity (Wildman–Crippen MR) is 59.3 cm³/mol. The molecule has 0 unspecified atom stereocenters. The summed E-state index contributed by atoms with van der Waals surface area (Å²) in [5.41, 5.74) is 6.33. The van der Waals surface area contributed by atoms with Crippen LogP contribution in [-0.2, 0) is 0 Å². The van der Waals surface area contributed by atoms with Crippen molar-refractivity contribution in [3.8, 4) is 0 Å². The molecular weight excluding hydrogens is 174 g/mol. The van der Waals surface area contributed by atoms with Crippen molar-refractivity contribution in [1.82, 2.24) is 4.98 Å². The van der Waals surface area contributed by atoms with E-state index in [1.54, 1.807) is 6.20 Å². The molecule has 0 radical (unpaired) electrons. The highest BCUT2D eigenvalue weighted by Gasteiger charge is 2.24. The van der Waals surface area contributed by atoms with E-state index in [0.29, 0.717) is 0 Å². The lowest BCUT2D eigenvalue weighted by Crippen LogP contribution is -2.25. The van der Waals surface area contributed by atoms with Gasteiger partial charge in [0.2, 0.25) is 0 Å². The SMILES string of the molecule is CCN(CC1CC1)c1ccc(N)cn1. The van der Waals surface area contributed by atoms with Gasteiger partial charge in [-0.15, -0.1) is 0 Å². The maximum Gasteiger partial charge on any atom is 0.128 e. The van der Waals surface area contributed by atoms with Crippen molar-refractivity contribution in [1.29, 1.82) is 0 Å². The third-order valence-corrected chi connectivity index (χ3v) is 2.65. The van der Waals surface area contributed by atoms with Crippen molar-refractivity contribution in [2.75, 3.05) is 23.7 Å². The summed E-state index contributed by atoms with van der Waals surface area (Å²) in [4.78, 5) is 6.65. The summed E-state index contributed by atoms with van der Waals surface area (Å²) in [6, 6.07) is 3.92. The normalized spacial score (nSPS) is 15.5. The van der Waals surface area contributed by atoms with Gasteiger partial charge in [0.15, 0.2) is 0 Å². The van der Waals surface area contributed by atoms with Crippen LogP contribution >= 0.6 is 0 Å². The lowest BCUT2D eigenvalue weighted by Gasteiger charge is -2.21. The van der Waals surface area contributed by atoms with Crippen molar-refractivity contribution in [3.63, 3.8) is 0 Å². The van der Waals surface area contributed by atoms with Gasteiger partial charge in [0.1, 0.15) is 5.82 Å². The molecule has 0 bridgehead atoms. The molecular formula is C11H17N3. The zero-order valence-corrected chi connectivity index (χ0v) is 8.61. The van der Waals surface area contributed by atoms with Crippen LogP contribution in [0.4, 0.5) is 11.5 Å². The van der Waals surface area contributed by atoms with Crippen molar-refractivity contribution in [3.05, 3.63) is 18.3 Å². The van der Waals surface area contributed by atoms with E-state index in [4.69, 9.17) is 5.73 Å². The van der Waals surface area contributed by atoms with Crippen LogP contribution in [0.15, 0.2) is 18.3 Å². The molecule has 1 fully saturated rings. The van der Waals surface area contributed by atoms with Gasteiger partial charge in [-0.05, 0) is 37.8 Å². The van der Waals surface area contributed by atoms with Crippen molar-refractivity contribution in [2.45, 2.75) is 19.8 Å². The Hall–Kier alpha value is -1.25. The molecule has 0 saturated heterocycles.